The zero-order chi connectivity index (χ0) is 40.8. The summed E-state index contributed by atoms with van der Waals surface area (Å²) in [5.41, 5.74) is 0.310. The highest BCUT2D eigenvalue weighted by atomic mass is 16.3. The number of para-hydroxylation sites is 1. The Bertz CT molecular complexity index is 2440. The summed E-state index contributed by atoms with van der Waals surface area (Å²) in [6, 6.07) is 18.3. The van der Waals surface area contributed by atoms with Crippen LogP contribution in [0.5, 0.6) is 0 Å². The second-order valence-electron chi connectivity index (χ2n) is 11.1. The number of hydrogen-bond donors (Lipinski definition) is 0. The zero-order valence-corrected chi connectivity index (χ0v) is 22.4. The van der Waals surface area contributed by atoms with Crippen LogP contribution in [0.1, 0.15) is 74.7 Å². The van der Waals surface area contributed by atoms with Crippen molar-refractivity contribution in [2.24, 2.45) is 0 Å². The number of aromatic nitrogens is 1. The lowest BCUT2D eigenvalue weighted by atomic mass is 9.85. The molecule has 0 aliphatic heterocycles. The number of nitrogens with zero attached hydrogens (tertiary/aromatic N) is 1. The molecule has 0 saturated heterocycles. The molecule has 40 heavy (non-hydrogen) atoms. The maximum atomic E-state index is 8.55. The highest BCUT2D eigenvalue weighted by Gasteiger charge is 2.18. The van der Waals surface area contributed by atoms with Gasteiger partial charge in [0.15, 0.2) is 0 Å². The van der Waals surface area contributed by atoms with Crippen LogP contribution in [0.2, 0.25) is 0 Å². The van der Waals surface area contributed by atoms with Crippen molar-refractivity contribution in [1.29, 1.82) is 0 Å². The van der Waals surface area contributed by atoms with Gasteiger partial charge < -0.3 is 4.42 Å². The Morgan fingerprint density at radius 2 is 1.35 bits per heavy atom. The van der Waals surface area contributed by atoms with E-state index >= 15 is 0 Å². The third-order valence-corrected chi connectivity index (χ3v) is 7.29. The second kappa shape index (κ2) is 9.48. The molecule has 4 aromatic carbocycles. The lowest BCUT2D eigenvalue weighted by molar-refractivity contribution is 0.590. The summed E-state index contributed by atoms with van der Waals surface area (Å²) >= 11 is 0. The molecule has 0 atom stereocenters. The third-order valence-electron chi connectivity index (χ3n) is 7.29. The van der Waals surface area contributed by atoms with Gasteiger partial charge in [0.2, 0.25) is 0 Å². The molecule has 2 nitrogen and oxygen atoms in total. The Kier molecular flexibility index (Phi) is 3.31. The minimum atomic E-state index is -2.83. The average molecular weight is 539 g/mol. The van der Waals surface area contributed by atoms with E-state index in [4.69, 9.17) is 25.0 Å². The van der Waals surface area contributed by atoms with E-state index in [2.05, 4.69) is 4.98 Å². The largest absolute Gasteiger partial charge is 0.455 e. The van der Waals surface area contributed by atoms with E-state index in [1.807, 2.05) is 32.9 Å². The summed E-state index contributed by atoms with van der Waals surface area (Å²) in [6.07, 6.45) is 1.08. The summed E-state index contributed by atoms with van der Waals surface area (Å²) in [5.74, 6) is 0. The van der Waals surface area contributed by atoms with E-state index in [1.54, 1.807) is 30.3 Å². The van der Waals surface area contributed by atoms with Gasteiger partial charge in [-0.2, -0.15) is 0 Å². The molecule has 0 radical (unpaired) electrons. The second-order valence-corrected chi connectivity index (χ2v) is 11.1. The van der Waals surface area contributed by atoms with Crippen LogP contribution >= 0.6 is 0 Å². The molecule has 0 bridgehead atoms. The molecule has 0 aliphatic rings. The third kappa shape index (κ3) is 4.42. The lowest BCUT2D eigenvalue weighted by Crippen LogP contribution is -2.10. The molecule has 0 amide bonds. The predicted octanol–water partition coefficient (Wildman–Crippen LogP) is 10.8. The van der Waals surface area contributed by atoms with Gasteiger partial charge in [0, 0.05) is 43.1 Å². The summed E-state index contributed by atoms with van der Waals surface area (Å²) in [6.45, 7) is -7.68. The van der Waals surface area contributed by atoms with Crippen molar-refractivity contribution in [3.05, 3.63) is 112 Å². The van der Waals surface area contributed by atoms with Gasteiger partial charge >= 0.3 is 0 Å². The van der Waals surface area contributed by atoms with E-state index < -0.39 is 34.3 Å². The fourth-order valence-corrected chi connectivity index (χ4v) is 5.14. The van der Waals surface area contributed by atoms with Crippen LogP contribution in [-0.2, 0) is 5.41 Å². The molecule has 0 unspecified atom stereocenters. The van der Waals surface area contributed by atoms with Crippen molar-refractivity contribution in [2.75, 3.05) is 0 Å². The van der Waals surface area contributed by atoms with Crippen LogP contribution < -0.4 is 0 Å². The first-order valence-electron chi connectivity index (χ1n) is 20.4. The molecule has 2 aromatic heterocycles. The maximum absolute atomic E-state index is 8.55. The number of pyridine rings is 1. The van der Waals surface area contributed by atoms with Gasteiger partial charge in [-0.3, -0.25) is 4.98 Å². The van der Waals surface area contributed by atoms with Gasteiger partial charge in [-0.15, -0.1) is 0 Å². The molecular formula is C38H37NO. The first-order chi connectivity index (χ1) is 25.1. The van der Waals surface area contributed by atoms with Crippen molar-refractivity contribution < 1.29 is 25.0 Å². The topological polar surface area (TPSA) is 26.0 Å². The lowest BCUT2D eigenvalue weighted by Gasteiger charge is -2.20. The molecule has 0 spiro atoms. The van der Waals surface area contributed by atoms with Gasteiger partial charge in [-0.25, -0.2) is 0 Å². The Balaban J connectivity index is 1.66. The summed E-state index contributed by atoms with van der Waals surface area (Å²) in [5, 5.41) is 0.594. The summed E-state index contributed by atoms with van der Waals surface area (Å²) < 4.78 is 131. The van der Waals surface area contributed by atoms with E-state index in [0.29, 0.717) is 10.9 Å². The fourth-order valence-electron chi connectivity index (χ4n) is 5.14. The van der Waals surface area contributed by atoms with Gasteiger partial charge in [0.1, 0.15) is 11.2 Å². The molecular weight excluding hydrogens is 486 g/mol. The van der Waals surface area contributed by atoms with Crippen LogP contribution in [0.3, 0.4) is 0 Å². The number of hydrogen-bond acceptors (Lipinski definition) is 2. The van der Waals surface area contributed by atoms with Gasteiger partial charge in [0.25, 0.3) is 0 Å². The molecule has 2 heteroatoms. The number of furan rings is 1. The normalized spacial score (nSPS) is 19.1. The summed E-state index contributed by atoms with van der Waals surface area (Å²) in [7, 11) is 0. The Morgan fingerprint density at radius 1 is 0.625 bits per heavy atom. The highest BCUT2D eigenvalue weighted by Crippen LogP contribution is 2.39. The van der Waals surface area contributed by atoms with Gasteiger partial charge in [0.05, 0.1) is 5.69 Å². The van der Waals surface area contributed by atoms with Crippen LogP contribution in [0.15, 0.2) is 83.4 Å². The van der Waals surface area contributed by atoms with Crippen LogP contribution in [0.4, 0.5) is 0 Å². The van der Waals surface area contributed by atoms with Crippen molar-refractivity contribution in [2.45, 2.75) is 60.4 Å². The van der Waals surface area contributed by atoms with Crippen molar-refractivity contribution in [3.63, 3.8) is 0 Å². The summed E-state index contributed by atoms with van der Waals surface area (Å²) in [4.78, 5) is 4.43. The van der Waals surface area contributed by atoms with E-state index in [-0.39, 0.29) is 77.7 Å². The number of aryl methyl sites for hydroxylation is 5. The quantitative estimate of drug-likeness (QED) is 0.224. The first kappa shape index (κ1) is 13.9. The SMILES string of the molecule is [2H]C([2H])([2H])c1cc(C([2H])([2H])[2H])c2oc3c(-c4cc(-c5cc(C([2H])([2H])[2H])c(-c6ccc(C(C)(C)C)cc6)cc5C([2H])([2H])[2H])c(C([2H])([2H])[2H])cn4)cccc3c2c1. The first-order valence-corrected chi connectivity index (χ1v) is 12.9. The number of rotatable bonds is 3. The van der Waals surface area contributed by atoms with Crippen molar-refractivity contribution in [1.82, 2.24) is 4.98 Å². The molecule has 0 saturated carbocycles. The molecule has 0 fully saturated rings. The molecule has 0 aliphatic carbocycles. The minimum Gasteiger partial charge on any atom is -0.455 e. The Labute approximate surface area is 258 Å². The molecule has 6 aromatic rings. The van der Waals surface area contributed by atoms with Crippen LogP contribution in [0.25, 0.3) is 55.4 Å². The smallest absolute Gasteiger partial charge is 0.144 e. The maximum Gasteiger partial charge on any atom is 0.144 e. The standard InChI is InChI=1S/C38H37NO/c1-22-16-25(4)36-34(17-22)29-10-9-11-30(37(29)40-36)35-20-33(26(5)21-39-35)32-19-23(2)31(18-24(32)3)27-12-14-28(15-13-27)38(6,7)8/h9-21H,1-8H3/i1D3,2D3,3D3,4D3,5D3. The number of benzene rings is 4. The van der Waals surface area contributed by atoms with Crippen molar-refractivity contribution >= 4 is 21.9 Å². The van der Waals surface area contributed by atoms with Gasteiger partial charge in [-0.05, 0) is 114 Å². The zero-order valence-electron chi connectivity index (χ0n) is 37.4. The van der Waals surface area contributed by atoms with E-state index in [9.17, 15) is 0 Å². The van der Waals surface area contributed by atoms with E-state index in [1.165, 1.54) is 24.3 Å². The molecule has 2 heterocycles. The highest BCUT2D eigenvalue weighted by molar-refractivity contribution is 6.10. The van der Waals surface area contributed by atoms with Crippen LogP contribution in [-0.4, -0.2) is 4.98 Å². The Morgan fingerprint density at radius 3 is 2.08 bits per heavy atom. The molecule has 6 rings (SSSR count). The van der Waals surface area contributed by atoms with Gasteiger partial charge in [-0.1, -0.05) is 75.4 Å². The fraction of sp³-hybridized carbons (Fsp3) is 0.237. The monoisotopic (exact) mass is 538 g/mol. The molecule has 200 valence electrons. The minimum absolute atomic E-state index is 0.0621. The molecule has 0 N–H and O–H groups in total. The Hall–Kier alpha value is -4.17. The van der Waals surface area contributed by atoms with Crippen molar-refractivity contribution in [3.8, 4) is 33.5 Å². The predicted molar refractivity (Wildman–Crippen MR) is 170 cm³/mol. The number of fused-ring (bicyclic) bond motifs is 3. The van der Waals surface area contributed by atoms with E-state index in [0.717, 1.165) is 17.8 Å². The van der Waals surface area contributed by atoms with Crippen LogP contribution in [0, 0.1) is 34.3 Å². The average Bonchev–Trinajstić information content (AvgIpc) is 3.43.